The van der Waals surface area contributed by atoms with Gasteiger partial charge in [-0.25, -0.2) is 4.68 Å². The molecule has 0 aliphatic heterocycles. The molecule has 32 heavy (non-hydrogen) atoms. The maximum Gasteiger partial charge on any atom is 0.416 e. The van der Waals surface area contributed by atoms with Crippen LogP contribution in [0, 0.1) is 21.4 Å². The fourth-order valence-electron chi connectivity index (χ4n) is 2.23. The number of nitrogen functional groups attached to an aromatic ring is 1. The third-order valence-corrected chi connectivity index (χ3v) is 5.47. The molecule has 0 saturated heterocycles. The minimum atomic E-state index is -4.63. The van der Waals surface area contributed by atoms with Crippen molar-refractivity contribution in [2.45, 2.75) is 6.18 Å². The molecule has 168 valence electrons. The molecule has 2 aromatic carbocycles. The summed E-state index contributed by atoms with van der Waals surface area (Å²) >= 11 is 17.7. The molecule has 0 unspecified atom stereocenters. The summed E-state index contributed by atoms with van der Waals surface area (Å²) < 4.78 is 39.7. The monoisotopic (exact) mass is 615 g/mol. The second-order valence-corrected chi connectivity index (χ2v) is 8.29. The van der Waals surface area contributed by atoms with E-state index in [1.165, 1.54) is 0 Å². The molecule has 3 rings (SSSR count). The number of nitriles is 1. The van der Waals surface area contributed by atoms with E-state index < -0.39 is 28.2 Å². The van der Waals surface area contributed by atoms with Crippen LogP contribution in [0.25, 0.3) is 5.69 Å². The third-order valence-electron chi connectivity index (χ3n) is 3.68. The highest BCUT2D eigenvalue weighted by Crippen LogP contribution is 2.39. The Morgan fingerprint density at radius 3 is 2.06 bits per heavy atom. The summed E-state index contributed by atoms with van der Waals surface area (Å²) in [6, 6.07) is 6.35. The topological polar surface area (TPSA) is 131 Å². The van der Waals surface area contributed by atoms with E-state index in [1.54, 1.807) is 12.1 Å². The van der Waals surface area contributed by atoms with Gasteiger partial charge >= 0.3 is 11.9 Å². The van der Waals surface area contributed by atoms with E-state index >= 15 is 0 Å². The summed E-state index contributed by atoms with van der Waals surface area (Å²) in [6.07, 6.45) is -3.78. The number of nitrogens with zero attached hydrogens (tertiary/aromatic N) is 4. The molecule has 1 heterocycles. The molecule has 3 aromatic rings. The lowest BCUT2D eigenvalue weighted by molar-refractivity contribution is -0.383. The van der Waals surface area contributed by atoms with Crippen molar-refractivity contribution in [3.8, 4) is 17.5 Å². The van der Waals surface area contributed by atoms with E-state index in [4.69, 9.17) is 34.2 Å². The van der Waals surface area contributed by atoms with Crippen LogP contribution in [-0.4, -0.2) is 19.8 Å². The first-order chi connectivity index (χ1) is 14.8. The number of phenols is 1. The molecule has 0 amide bonds. The van der Waals surface area contributed by atoms with Crippen LogP contribution in [0.4, 0.5) is 24.7 Å². The average molecular weight is 618 g/mol. The molecule has 3 N–H and O–H groups in total. The number of anilines is 1. The zero-order valence-electron chi connectivity index (χ0n) is 15.2. The van der Waals surface area contributed by atoms with E-state index in [0.29, 0.717) is 26.6 Å². The number of alkyl halides is 3. The highest BCUT2D eigenvalue weighted by atomic mass is 79.9. The van der Waals surface area contributed by atoms with Crippen LogP contribution in [0.5, 0.6) is 5.75 Å². The van der Waals surface area contributed by atoms with Crippen molar-refractivity contribution >= 4 is 66.6 Å². The number of aromatic nitrogens is 2. The van der Waals surface area contributed by atoms with Crippen molar-refractivity contribution in [1.82, 2.24) is 9.78 Å². The Bertz CT molecular complexity index is 1200. The normalized spacial score (nSPS) is 10.8. The number of benzene rings is 2. The van der Waals surface area contributed by atoms with Gasteiger partial charge in [-0.05, 0) is 56.1 Å². The van der Waals surface area contributed by atoms with Gasteiger partial charge in [0.2, 0.25) is 5.82 Å². The summed E-state index contributed by atoms with van der Waals surface area (Å²) in [5.41, 5.74) is 4.28. The average Bonchev–Trinajstić information content (AvgIpc) is 3.06. The number of aromatic hydroxyl groups is 1. The minimum absolute atomic E-state index is 0.115. The standard InChI is InChI=1S/C10H5Cl2F3N4O2.C7H3Br2NO/c11-5-1-4(10(13,14)15)2-6(12)8(5)18-9(16)7(3-17-18)19(20)21;8-5-1-4(3-10)2-6(9)7(5)11/h1-3H,16H2;1-2,11H. The summed E-state index contributed by atoms with van der Waals surface area (Å²) in [5.74, 6) is -0.285. The molecular weight excluding hydrogens is 610 g/mol. The Labute approximate surface area is 204 Å². The summed E-state index contributed by atoms with van der Waals surface area (Å²) in [7, 11) is 0. The van der Waals surface area contributed by atoms with Gasteiger partial charge in [-0.15, -0.1) is 0 Å². The highest BCUT2D eigenvalue weighted by Gasteiger charge is 2.33. The van der Waals surface area contributed by atoms with E-state index in [0.717, 1.165) is 10.9 Å². The van der Waals surface area contributed by atoms with Gasteiger partial charge in [0.1, 0.15) is 17.6 Å². The van der Waals surface area contributed by atoms with Gasteiger partial charge in [-0.1, -0.05) is 23.2 Å². The number of nitro groups is 1. The van der Waals surface area contributed by atoms with E-state index in [-0.39, 0.29) is 21.5 Å². The van der Waals surface area contributed by atoms with Crippen LogP contribution < -0.4 is 5.73 Å². The zero-order chi connectivity index (χ0) is 24.4. The van der Waals surface area contributed by atoms with E-state index in [1.807, 2.05) is 6.07 Å². The number of hydrogen-bond acceptors (Lipinski definition) is 6. The van der Waals surface area contributed by atoms with Crippen molar-refractivity contribution in [2.24, 2.45) is 0 Å². The molecule has 0 aliphatic rings. The van der Waals surface area contributed by atoms with Crippen LogP contribution in [0.3, 0.4) is 0 Å². The number of rotatable bonds is 2. The van der Waals surface area contributed by atoms with Gasteiger partial charge in [0, 0.05) is 0 Å². The predicted octanol–water partition coefficient (Wildman–Crippen LogP) is 6.48. The first-order valence-electron chi connectivity index (χ1n) is 7.90. The molecule has 1 aromatic heterocycles. The number of nitrogens with two attached hydrogens (primary N) is 1. The predicted molar refractivity (Wildman–Crippen MR) is 118 cm³/mol. The van der Waals surface area contributed by atoms with E-state index in [9.17, 15) is 28.4 Å². The minimum Gasteiger partial charge on any atom is -0.506 e. The van der Waals surface area contributed by atoms with Gasteiger partial charge in [-0.3, -0.25) is 10.1 Å². The van der Waals surface area contributed by atoms with Gasteiger partial charge < -0.3 is 10.8 Å². The van der Waals surface area contributed by atoms with Crippen molar-refractivity contribution in [3.63, 3.8) is 0 Å². The van der Waals surface area contributed by atoms with Crippen molar-refractivity contribution in [1.29, 1.82) is 5.26 Å². The van der Waals surface area contributed by atoms with Crippen molar-refractivity contribution < 1.29 is 23.2 Å². The number of hydrogen-bond donors (Lipinski definition) is 2. The largest absolute Gasteiger partial charge is 0.506 e. The highest BCUT2D eigenvalue weighted by molar-refractivity contribution is 9.11. The first kappa shape index (κ1) is 25.7. The molecule has 8 nitrogen and oxygen atoms in total. The van der Waals surface area contributed by atoms with Gasteiger partial charge in [0.25, 0.3) is 0 Å². The first-order valence-corrected chi connectivity index (χ1v) is 10.2. The van der Waals surface area contributed by atoms with Crippen LogP contribution in [-0.2, 0) is 6.18 Å². The molecule has 0 radical (unpaired) electrons. The molecule has 0 atom stereocenters. The zero-order valence-corrected chi connectivity index (χ0v) is 19.8. The smallest absolute Gasteiger partial charge is 0.416 e. The Morgan fingerprint density at radius 2 is 1.69 bits per heavy atom. The second-order valence-electron chi connectivity index (χ2n) is 5.77. The van der Waals surface area contributed by atoms with Crippen LogP contribution >= 0.6 is 55.1 Å². The van der Waals surface area contributed by atoms with Gasteiger partial charge in [0.05, 0.1) is 41.1 Å². The van der Waals surface area contributed by atoms with Crippen LogP contribution in [0.2, 0.25) is 10.0 Å². The lowest BCUT2D eigenvalue weighted by atomic mass is 10.2. The molecule has 0 bridgehead atoms. The van der Waals surface area contributed by atoms with Crippen molar-refractivity contribution in [2.75, 3.05) is 5.73 Å². The molecule has 0 saturated carbocycles. The fourth-order valence-corrected chi connectivity index (χ4v) is 4.06. The van der Waals surface area contributed by atoms with Gasteiger partial charge in [-0.2, -0.15) is 23.5 Å². The Morgan fingerprint density at radius 1 is 1.19 bits per heavy atom. The Kier molecular flexibility index (Phi) is 8.00. The molecule has 0 aliphatic carbocycles. The SMILES string of the molecule is N#Cc1cc(Br)c(O)c(Br)c1.Nc1c([N+](=O)[O-])cnn1-c1c(Cl)cc(C(F)(F)F)cc1Cl. The lowest BCUT2D eigenvalue weighted by Gasteiger charge is -2.12. The lowest BCUT2D eigenvalue weighted by Crippen LogP contribution is -2.08. The Balaban J connectivity index is 0.000000278. The van der Waals surface area contributed by atoms with Crippen LogP contribution in [0.15, 0.2) is 39.4 Å². The summed E-state index contributed by atoms with van der Waals surface area (Å²) in [6.45, 7) is 0. The maximum atomic E-state index is 12.6. The third kappa shape index (κ3) is 5.63. The number of phenolic OH excluding ortho intramolecular Hbond substituents is 1. The number of halogens is 7. The fraction of sp³-hybridized carbons (Fsp3) is 0.0588. The molecular formula is C17H8Br2Cl2F3N5O3. The van der Waals surface area contributed by atoms with Crippen molar-refractivity contribution in [3.05, 3.63) is 70.7 Å². The molecule has 0 fully saturated rings. The summed E-state index contributed by atoms with van der Waals surface area (Å²) in [4.78, 5) is 9.89. The summed E-state index contributed by atoms with van der Waals surface area (Å²) in [5, 5.41) is 31.2. The molecule has 15 heteroatoms. The molecule has 0 spiro atoms. The Hall–Kier alpha value is -2.53. The quantitative estimate of drug-likeness (QED) is 0.250. The van der Waals surface area contributed by atoms with Crippen LogP contribution in [0.1, 0.15) is 11.1 Å². The van der Waals surface area contributed by atoms with Gasteiger partial charge in [0.15, 0.2) is 0 Å². The second kappa shape index (κ2) is 9.95. The van der Waals surface area contributed by atoms with E-state index in [2.05, 4.69) is 37.0 Å². The maximum absolute atomic E-state index is 12.6.